The fourth-order valence-corrected chi connectivity index (χ4v) is 6.87. The van der Waals surface area contributed by atoms with E-state index >= 15 is 0 Å². The molecule has 0 aromatic rings. The Kier molecular flexibility index (Phi) is 4.32. The number of aliphatic hydroxyl groups is 1. The van der Waals surface area contributed by atoms with Gasteiger partial charge in [-0.15, -0.1) is 0 Å². The van der Waals surface area contributed by atoms with Crippen LogP contribution >= 0.6 is 0 Å². The second-order valence-corrected chi connectivity index (χ2v) is 9.79. The van der Waals surface area contributed by atoms with Crippen LogP contribution in [-0.2, 0) is 9.53 Å². The minimum Gasteiger partial charge on any atom is -0.481 e. The van der Waals surface area contributed by atoms with Crippen molar-refractivity contribution >= 4 is 5.97 Å². The van der Waals surface area contributed by atoms with Crippen molar-refractivity contribution in [2.75, 3.05) is 6.61 Å². The highest BCUT2D eigenvalue weighted by molar-refractivity contribution is 5.68. The number of rotatable bonds is 3. The van der Waals surface area contributed by atoms with Gasteiger partial charge in [-0.2, -0.15) is 0 Å². The van der Waals surface area contributed by atoms with E-state index < -0.39 is 11.6 Å². The Labute approximate surface area is 146 Å². The molecule has 1 aliphatic heterocycles. The molecular weight excluding hydrogens is 304 g/mol. The topological polar surface area (TPSA) is 66.8 Å². The Hall–Kier alpha value is -0.610. The SMILES string of the molecule is C[C@@]1(CC(=O)O)CC[C@H]2[C@]3(C)CCC[C@](C)(CO)[C@H]3CC[C@]2(C)O1. The third kappa shape index (κ3) is 2.70. The zero-order valence-corrected chi connectivity index (χ0v) is 15.7. The maximum absolute atomic E-state index is 11.2. The lowest BCUT2D eigenvalue weighted by Crippen LogP contribution is -2.63. The molecule has 24 heavy (non-hydrogen) atoms. The maximum Gasteiger partial charge on any atom is 0.306 e. The third-order valence-electron chi connectivity index (χ3n) is 7.89. The van der Waals surface area contributed by atoms with Crippen LogP contribution in [0, 0.1) is 22.7 Å². The van der Waals surface area contributed by atoms with Gasteiger partial charge in [0.15, 0.2) is 0 Å². The highest BCUT2D eigenvalue weighted by atomic mass is 16.5. The first-order chi connectivity index (χ1) is 11.1. The number of aliphatic hydroxyl groups excluding tert-OH is 1. The van der Waals surface area contributed by atoms with E-state index in [0.717, 1.165) is 32.1 Å². The Bertz CT molecular complexity index is 520. The minimum atomic E-state index is -0.773. The van der Waals surface area contributed by atoms with Crippen LogP contribution in [0.4, 0.5) is 0 Å². The molecule has 4 nitrogen and oxygen atoms in total. The Balaban J connectivity index is 1.89. The summed E-state index contributed by atoms with van der Waals surface area (Å²) in [7, 11) is 0. The molecule has 1 saturated heterocycles. The lowest BCUT2D eigenvalue weighted by Gasteiger charge is -2.65. The molecule has 6 atom stereocenters. The van der Waals surface area contributed by atoms with Gasteiger partial charge in [0.2, 0.25) is 0 Å². The minimum absolute atomic E-state index is 0.0240. The van der Waals surface area contributed by atoms with Gasteiger partial charge in [-0.25, -0.2) is 0 Å². The van der Waals surface area contributed by atoms with Gasteiger partial charge in [0.1, 0.15) is 0 Å². The van der Waals surface area contributed by atoms with E-state index in [0.29, 0.717) is 11.8 Å². The van der Waals surface area contributed by atoms with Crippen LogP contribution in [0.5, 0.6) is 0 Å². The molecule has 2 saturated carbocycles. The number of aliphatic carboxylic acids is 1. The van der Waals surface area contributed by atoms with Crippen LogP contribution in [0.2, 0.25) is 0 Å². The molecule has 3 fully saturated rings. The van der Waals surface area contributed by atoms with Gasteiger partial charge in [-0.3, -0.25) is 4.79 Å². The largest absolute Gasteiger partial charge is 0.481 e. The Morgan fingerprint density at radius 3 is 2.33 bits per heavy atom. The quantitative estimate of drug-likeness (QED) is 0.816. The fourth-order valence-electron chi connectivity index (χ4n) is 6.87. The molecule has 0 aromatic carbocycles. The van der Waals surface area contributed by atoms with Crippen molar-refractivity contribution in [1.29, 1.82) is 0 Å². The zero-order valence-electron chi connectivity index (χ0n) is 15.7. The number of hydrogen-bond acceptors (Lipinski definition) is 3. The summed E-state index contributed by atoms with van der Waals surface area (Å²) < 4.78 is 6.55. The van der Waals surface area contributed by atoms with Crippen molar-refractivity contribution < 1.29 is 19.7 Å². The summed E-state index contributed by atoms with van der Waals surface area (Å²) in [4.78, 5) is 11.2. The van der Waals surface area contributed by atoms with E-state index in [1.807, 2.05) is 6.92 Å². The molecule has 3 rings (SSSR count). The number of carboxylic acid groups (broad SMARTS) is 1. The highest BCUT2D eigenvalue weighted by Crippen LogP contribution is 2.65. The van der Waals surface area contributed by atoms with Crippen LogP contribution in [-0.4, -0.2) is 34.0 Å². The van der Waals surface area contributed by atoms with Crippen LogP contribution in [0.1, 0.15) is 79.1 Å². The lowest BCUT2D eigenvalue weighted by atomic mass is 9.44. The molecule has 4 heteroatoms. The molecule has 2 N–H and O–H groups in total. The summed E-state index contributed by atoms with van der Waals surface area (Å²) in [5.74, 6) is 0.219. The monoisotopic (exact) mass is 338 g/mol. The van der Waals surface area contributed by atoms with Crippen molar-refractivity contribution in [3.63, 3.8) is 0 Å². The molecule has 138 valence electrons. The van der Waals surface area contributed by atoms with Crippen molar-refractivity contribution in [1.82, 2.24) is 0 Å². The second kappa shape index (κ2) is 5.70. The number of hydrogen-bond donors (Lipinski definition) is 2. The lowest BCUT2D eigenvalue weighted by molar-refractivity contribution is -0.269. The fraction of sp³-hybridized carbons (Fsp3) is 0.950. The van der Waals surface area contributed by atoms with Crippen LogP contribution < -0.4 is 0 Å². The third-order valence-corrected chi connectivity index (χ3v) is 7.89. The number of carboxylic acids is 1. The first-order valence-corrected chi connectivity index (χ1v) is 9.60. The van der Waals surface area contributed by atoms with E-state index in [1.54, 1.807) is 0 Å². The van der Waals surface area contributed by atoms with Crippen LogP contribution in [0.3, 0.4) is 0 Å². The van der Waals surface area contributed by atoms with E-state index in [1.165, 1.54) is 12.8 Å². The van der Waals surface area contributed by atoms with E-state index in [9.17, 15) is 15.0 Å². The summed E-state index contributed by atoms with van der Waals surface area (Å²) in [6.45, 7) is 9.12. The average molecular weight is 338 g/mol. The molecule has 0 aromatic heterocycles. The predicted molar refractivity (Wildman–Crippen MR) is 92.7 cm³/mol. The van der Waals surface area contributed by atoms with Gasteiger partial charge in [0.05, 0.1) is 17.6 Å². The Morgan fingerprint density at radius 2 is 1.71 bits per heavy atom. The van der Waals surface area contributed by atoms with Gasteiger partial charge >= 0.3 is 5.97 Å². The van der Waals surface area contributed by atoms with Crippen molar-refractivity contribution in [2.24, 2.45) is 22.7 Å². The molecule has 3 aliphatic rings. The van der Waals surface area contributed by atoms with Gasteiger partial charge < -0.3 is 14.9 Å². The van der Waals surface area contributed by atoms with Crippen molar-refractivity contribution in [2.45, 2.75) is 90.3 Å². The molecule has 1 heterocycles. The number of carbonyl (C=O) groups is 1. The maximum atomic E-state index is 11.2. The van der Waals surface area contributed by atoms with E-state index in [4.69, 9.17) is 4.74 Å². The first kappa shape index (κ1) is 18.2. The number of fused-ring (bicyclic) bond motifs is 3. The Morgan fingerprint density at radius 1 is 1.04 bits per heavy atom. The predicted octanol–water partition coefficient (Wildman–Crippen LogP) is 4.00. The highest BCUT2D eigenvalue weighted by Gasteiger charge is 2.62. The van der Waals surface area contributed by atoms with Gasteiger partial charge in [-0.1, -0.05) is 20.3 Å². The normalized spacial score (nSPS) is 51.5. The smallest absolute Gasteiger partial charge is 0.306 e. The van der Waals surface area contributed by atoms with E-state index in [-0.39, 0.29) is 29.5 Å². The summed E-state index contributed by atoms with van der Waals surface area (Å²) in [5.41, 5.74) is -0.569. The molecule has 0 spiro atoms. The van der Waals surface area contributed by atoms with Gasteiger partial charge in [-0.05, 0) is 75.0 Å². The summed E-state index contributed by atoms with van der Waals surface area (Å²) in [6.07, 6.45) is 7.48. The van der Waals surface area contributed by atoms with Gasteiger partial charge in [0.25, 0.3) is 0 Å². The second-order valence-electron chi connectivity index (χ2n) is 9.79. The van der Waals surface area contributed by atoms with E-state index in [2.05, 4.69) is 20.8 Å². The number of ether oxygens (including phenoxy) is 1. The molecule has 0 radical (unpaired) electrons. The van der Waals surface area contributed by atoms with Crippen molar-refractivity contribution in [3.05, 3.63) is 0 Å². The summed E-state index contributed by atoms with van der Waals surface area (Å²) in [6, 6.07) is 0. The zero-order chi connectivity index (χ0) is 17.8. The van der Waals surface area contributed by atoms with Crippen molar-refractivity contribution in [3.8, 4) is 0 Å². The summed E-state index contributed by atoms with van der Waals surface area (Å²) >= 11 is 0. The molecule has 0 bridgehead atoms. The standard InChI is InChI=1S/C20H34O4/c1-17(13-21)8-5-9-19(3)14(17)7-11-20(4)15(19)6-10-18(2,24-20)12-16(22)23/h14-15,21H,5-13H2,1-4H3,(H,22,23)/t14-,15+,17-,18+,19-,20+/m1/s1. The van der Waals surface area contributed by atoms with Crippen LogP contribution in [0.25, 0.3) is 0 Å². The first-order valence-electron chi connectivity index (χ1n) is 9.60. The summed E-state index contributed by atoms with van der Waals surface area (Å²) in [5, 5.41) is 19.3. The van der Waals surface area contributed by atoms with Gasteiger partial charge in [0, 0.05) is 6.61 Å². The van der Waals surface area contributed by atoms with Crippen LogP contribution in [0.15, 0.2) is 0 Å². The average Bonchev–Trinajstić information content (AvgIpc) is 2.44. The molecule has 2 aliphatic carbocycles. The molecule has 0 amide bonds. The molecular formula is C20H34O4. The molecule has 0 unspecified atom stereocenters.